The summed E-state index contributed by atoms with van der Waals surface area (Å²) in [5, 5.41) is 3.00. The molecule has 0 aliphatic carbocycles. The number of carbonyl (C=O) groups is 4. The number of amides is 3. The molecule has 1 N–H and O–H groups in total. The molecule has 2 unspecified atom stereocenters. The normalized spacial score (nSPS) is 15.1. The number of imide groups is 1. The van der Waals surface area contributed by atoms with E-state index in [0.29, 0.717) is 11.5 Å². The van der Waals surface area contributed by atoms with Gasteiger partial charge in [0, 0.05) is 5.92 Å². The van der Waals surface area contributed by atoms with E-state index in [1.807, 2.05) is 37.3 Å². The fourth-order valence-electron chi connectivity index (χ4n) is 3.52. The highest BCUT2D eigenvalue weighted by Gasteiger charge is 2.41. The highest BCUT2D eigenvalue weighted by atomic mass is 16.7. The lowest BCUT2D eigenvalue weighted by Gasteiger charge is -2.28. The molecular formula is C24H26N2O6. The van der Waals surface area contributed by atoms with E-state index < -0.39 is 41.4 Å². The number of ether oxygens (including phenoxy) is 1. The molecule has 1 aliphatic rings. The summed E-state index contributed by atoms with van der Waals surface area (Å²) in [6, 6.07) is 14.1. The summed E-state index contributed by atoms with van der Waals surface area (Å²) in [5.41, 5.74) is 0.305. The van der Waals surface area contributed by atoms with Crippen LogP contribution in [-0.4, -0.2) is 40.6 Å². The van der Waals surface area contributed by atoms with Gasteiger partial charge in [-0.1, -0.05) is 54.5 Å². The number of carbonyl (C=O) groups excluding carboxylic acids is 4. The Balaban J connectivity index is 1.87. The molecule has 168 valence electrons. The molecule has 1 aliphatic heterocycles. The summed E-state index contributed by atoms with van der Waals surface area (Å²) in [5.74, 6) is -2.89. The number of fused-ring (bicyclic) bond motifs is 1. The fourth-order valence-corrected chi connectivity index (χ4v) is 3.52. The van der Waals surface area contributed by atoms with Crippen LogP contribution in [0, 0.1) is 0 Å². The van der Waals surface area contributed by atoms with Crippen molar-refractivity contribution in [1.29, 1.82) is 0 Å². The van der Waals surface area contributed by atoms with Crippen LogP contribution < -0.4 is 5.32 Å². The zero-order chi connectivity index (χ0) is 23.5. The second-order valence-electron chi connectivity index (χ2n) is 8.41. The zero-order valence-corrected chi connectivity index (χ0v) is 18.5. The second kappa shape index (κ2) is 9.21. The van der Waals surface area contributed by atoms with Gasteiger partial charge < -0.3 is 14.9 Å². The van der Waals surface area contributed by atoms with Crippen LogP contribution in [-0.2, 0) is 14.4 Å². The lowest BCUT2D eigenvalue weighted by Crippen LogP contribution is -2.49. The Morgan fingerprint density at radius 2 is 1.47 bits per heavy atom. The molecule has 8 heteroatoms. The highest BCUT2D eigenvalue weighted by molar-refractivity contribution is 6.20. The average Bonchev–Trinajstić information content (AvgIpc) is 2.98. The minimum atomic E-state index is -1.19. The minimum absolute atomic E-state index is 0.150. The van der Waals surface area contributed by atoms with Crippen molar-refractivity contribution in [3.8, 4) is 0 Å². The first-order chi connectivity index (χ1) is 15.1. The molecule has 2 aromatic rings. The zero-order valence-electron chi connectivity index (χ0n) is 18.5. The third-order valence-corrected chi connectivity index (χ3v) is 4.93. The van der Waals surface area contributed by atoms with Crippen LogP contribution in [0.3, 0.4) is 0 Å². The number of rotatable bonds is 6. The van der Waals surface area contributed by atoms with Gasteiger partial charge in [0.15, 0.2) is 0 Å². The van der Waals surface area contributed by atoms with Gasteiger partial charge in [0.25, 0.3) is 11.8 Å². The second-order valence-corrected chi connectivity index (χ2v) is 8.41. The Morgan fingerprint density at radius 1 is 0.938 bits per heavy atom. The Labute approximate surface area is 186 Å². The summed E-state index contributed by atoms with van der Waals surface area (Å²) in [6.45, 7) is 6.96. The van der Waals surface area contributed by atoms with Gasteiger partial charge in [-0.15, -0.1) is 0 Å². The maximum Gasteiger partial charge on any atom is 0.408 e. The fraction of sp³-hybridized carbons (Fsp3) is 0.333. The number of hydrogen-bond donors (Lipinski definition) is 1. The van der Waals surface area contributed by atoms with Crippen molar-refractivity contribution < 1.29 is 28.8 Å². The van der Waals surface area contributed by atoms with Gasteiger partial charge >= 0.3 is 12.1 Å². The smallest absolute Gasteiger partial charge is 0.408 e. The van der Waals surface area contributed by atoms with Crippen LogP contribution >= 0.6 is 0 Å². The van der Waals surface area contributed by atoms with Crippen molar-refractivity contribution in [2.75, 3.05) is 0 Å². The first-order valence-electron chi connectivity index (χ1n) is 10.4. The molecule has 0 radical (unpaired) electrons. The van der Waals surface area contributed by atoms with Crippen LogP contribution in [0.25, 0.3) is 0 Å². The Morgan fingerprint density at radius 3 is 1.97 bits per heavy atom. The standard InChI is InChI=1S/C24H26N2O6/c1-5-16(15-11-7-6-8-12-15)19(25-23(30)31-24(2,3)4)22(29)32-26-20(27)17-13-9-10-14-18(17)21(26)28/h6-14,16,19H,5H2,1-4H3,(H,25,30). The highest BCUT2D eigenvalue weighted by Crippen LogP contribution is 2.27. The summed E-state index contributed by atoms with van der Waals surface area (Å²) in [7, 11) is 0. The molecule has 2 aromatic carbocycles. The number of nitrogens with zero attached hydrogens (tertiary/aromatic N) is 1. The molecule has 0 fully saturated rings. The van der Waals surface area contributed by atoms with E-state index in [1.54, 1.807) is 32.9 Å². The Kier molecular flexibility index (Phi) is 6.62. The van der Waals surface area contributed by atoms with Crippen molar-refractivity contribution in [2.45, 2.75) is 51.7 Å². The molecule has 0 aromatic heterocycles. The van der Waals surface area contributed by atoms with Gasteiger partial charge in [-0.2, -0.15) is 0 Å². The van der Waals surface area contributed by atoms with Crippen LogP contribution in [0.5, 0.6) is 0 Å². The Bertz CT molecular complexity index is 993. The van der Waals surface area contributed by atoms with E-state index in [1.165, 1.54) is 12.1 Å². The third-order valence-electron chi connectivity index (χ3n) is 4.93. The van der Waals surface area contributed by atoms with E-state index in [2.05, 4.69) is 5.32 Å². The van der Waals surface area contributed by atoms with Crippen molar-refractivity contribution in [3.63, 3.8) is 0 Å². The average molecular weight is 438 g/mol. The topological polar surface area (TPSA) is 102 Å². The van der Waals surface area contributed by atoms with Crippen molar-refractivity contribution in [3.05, 3.63) is 71.3 Å². The van der Waals surface area contributed by atoms with Crippen molar-refractivity contribution >= 4 is 23.9 Å². The third kappa shape index (κ3) is 4.96. The predicted molar refractivity (Wildman–Crippen MR) is 116 cm³/mol. The molecule has 2 atom stereocenters. The van der Waals surface area contributed by atoms with Crippen LogP contribution in [0.2, 0.25) is 0 Å². The van der Waals surface area contributed by atoms with Gasteiger partial charge in [0.2, 0.25) is 0 Å². The number of benzene rings is 2. The maximum absolute atomic E-state index is 13.2. The molecule has 3 rings (SSSR count). The van der Waals surface area contributed by atoms with E-state index in [9.17, 15) is 19.2 Å². The van der Waals surface area contributed by atoms with Gasteiger partial charge in [0.1, 0.15) is 11.6 Å². The van der Waals surface area contributed by atoms with E-state index in [0.717, 1.165) is 5.56 Å². The van der Waals surface area contributed by atoms with Crippen LogP contribution in [0.4, 0.5) is 4.79 Å². The van der Waals surface area contributed by atoms with Gasteiger partial charge in [0.05, 0.1) is 11.1 Å². The largest absolute Gasteiger partial charge is 0.444 e. The predicted octanol–water partition coefficient (Wildman–Crippen LogP) is 3.83. The van der Waals surface area contributed by atoms with Gasteiger partial charge in [-0.05, 0) is 44.9 Å². The summed E-state index contributed by atoms with van der Waals surface area (Å²) < 4.78 is 5.31. The van der Waals surface area contributed by atoms with Gasteiger partial charge in [-0.25, -0.2) is 9.59 Å². The Hall–Kier alpha value is -3.68. The monoisotopic (exact) mass is 438 g/mol. The number of hydrogen-bond acceptors (Lipinski definition) is 6. The van der Waals surface area contributed by atoms with E-state index in [-0.39, 0.29) is 11.1 Å². The van der Waals surface area contributed by atoms with Crippen LogP contribution in [0.1, 0.15) is 66.3 Å². The SMILES string of the molecule is CCC(c1ccccc1)C(NC(=O)OC(C)(C)C)C(=O)ON1C(=O)c2ccccc2C1=O. The quantitative estimate of drug-likeness (QED) is 0.688. The molecule has 1 heterocycles. The first kappa shape index (κ1) is 23.0. The van der Waals surface area contributed by atoms with Crippen molar-refractivity contribution in [1.82, 2.24) is 10.4 Å². The van der Waals surface area contributed by atoms with E-state index in [4.69, 9.17) is 9.57 Å². The number of alkyl carbamates (subject to hydrolysis) is 1. The summed E-state index contributed by atoms with van der Waals surface area (Å²) >= 11 is 0. The number of hydroxylamine groups is 2. The summed E-state index contributed by atoms with van der Waals surface area (Å²) in [4.78, 5) is 56.1. The number of nitrogens with one attached hydrogen (secondary N) is 1. The molecule has 0 saturated heterocycles. The van der Waals surface area contributed by atoms with Crippen LogP contribution in [0.15, 0.2) is 54.6 Å². The van der Waals surface area contributed by atoms with Gasteiger partial charge in [-0.3, -0.25) is 9.59 Å². The molecule has 3 amide bonds. The minimum Gasteiger partial charge on any atom is -0.444 e. The lowest BCUT2D eigenvalue weighted by atomic mass is 9.89. The lowest BCUT2D eigenvalue weighted by molar-refractivity contribution is -0.171. The first-order valence-corrected chi connectivity index (χ1v) is 10.4. The molecule has 0 bridgehead atoms. The van der Waals surface area contributed by atoms with E-state index >= 15 is 0 Å². The van der Waals surface area contributed by atoms with Crippen molar-refractivity contribution in [2.24, 2.45) is 0 Å². The maximum atomic E-state index is 13.2. The molecule has 8 nitrogen and oxygen atoms in total. The molecule has 0 spiro atoms. The summed E-state index contributed by atoms with van der Waals surface area (Å²) in [6.07, 6.45) is -0.335. The molecule has 0 saturated carbocycles. The molecular weight excluding hydrogens is 412 g/mol. The molecule has 32 heavy (non-hydrogen) atoms.